The molecule has 0 heterocycles. The number of hydrogen-bond acceptors (Lipinski definition) is 2. The molecule has 5 nitrogen and oxygen atoms in total. The summed E-state index contributed by atoms with van der Waals surface area (Å²) < 4.78 is 10.3. The molecule has 3 N–H and O–H groups in total. The van der Waals surface area contributed by atoms with E-state index in [0.29, 0.717) is 0 Å². The van der Waals surface area contributed by atoms with Crippen LogP contribution in [0.4, 0.5) is 0 Å². The maximum absolute atomic E-state index is 10.3. The molecule has 0 atom stereocenters. The molecule has 0 bridgehead atoms. The topological polar surface area (TPSA) is 94.8 Å². The lowest BCUT2D eigenvalue weighted by Gasteiger charge is -2.02. The van der Waals surface area contributed by atoms with E-state index in [1.54, 1.807) is 0 Å². The van der Waals surface area contributed by atoms with Gasteiger partial charge in [0.25, 0.3) is 0 Å². The van der Waals surface area contributed by atoms with Crippen molar-refractivity contribution in [2.24, 2.45) is 0 Å². The van der Waals surface area contributed by atoms with Gasteiger partial charge in [-0.05, 0) is 6.92 Å². The van der Waals surface area contributed by atoms with Crippen LogP contribution in [0.1, 0.15) is 6.92 Å². The van der Waals surface area contributed by atoms with Gasteiger partial charge >= 0.3 is 13.6 Å². The van der Waals surface area contributed by atoms with Crippen LogP contribution in [0.25, 0.3) is 0 Å². The molecule has 0 unspecified atom stereocenters. The Hall–Kier alpha value is -0.640. The van der Waals surface area contributed by atoms with Crippen LogP contribution in [0.3, 0.4) is 0 Å². The zero-order valence-corrected chi connectivity index (χ0v) is 6.78. The molecule has 0 aromatic heterocycles. The lowest BCUT2D eigenvalue weighted by molar-refractivity contribution is -0.132. The highest BCUT2D eigenvalue weighted by atomic mass is 31.2. The monoisotopic (exact) mass is 180 g/mol. The van der Waals surface area contributed by atoms with Gasteiger partial charge in [-0.25, -0.2) is 4.79 Å². The maximum Gasteiger partial charge on any atom is 0.331 e. The van der Waals surface area contributed by atoms with Crippen LogP contribution in [0, 0.1) is 0 Å². The van der Waals surface area contributed by atoms with E-state index >= 15 is 0 Å². The van der Waals surface area contributed by atoms with Crippen LogP contribution in [-0.2, 0) is 9.36 Å². The molecule has 0 saturated heterocycles. The molecule has 0 radical (unpaired) electrons. The van der Waals surface area contributed by atoms with Gasteiger partial charge < -0.3 is 14.9 Å². The number of carboxylic acid groups (broad SMARTS) is 1. The summed E-state index contributed by atoms with van der Waals surface area (Å²) in [4.78, 5) is 26.9. The second-order valence-electron chi connectivity index (χ2n) is 1.94. The lowest BCUT2D eigenvalue weighted by Crippen LogP contribution is -2.05. The Morgan fingerprint density at radius 1 is 1.55 bits per heavy atom. The zero-order valence-electron chi connectivity index (χ0n) is 5.89. The van der Waals surface area contributed by atoms with Crippen LogP contribution >= 0.6 is 7.60 Å². The first-order chi connectivity index (χ1) is 4.87. The first-order valence-electron chi connectivity index (χ1n) is 2.80. The minimum absolute atomic E-state index is 0.265. The van der Waals surface area contributed by atoms with Gasteiger partial charge in [-0.15, -0.1) is 0 Å². The van der Waals surface area contributed by atoms with Crippen molar-refractivity contribution in [1.29, 1.82) is 0 Å². The minimum atomic E-state index is -4.24. The SMILES string of the molecule is C/C=C(/CP(=O)(O)O)C(=O)O. The van der Waals surface area contributed by atoms with Crippen molar-refractivity contribution in [1.82, 2.24) is 0 Å². The number of carboxylic acids is 1. The second kappa shape index (κ2) is 3.67. The first kappa shape index (κ1) is 10.4. The molecule has 0 aromatic rings. The molecule has 0 saturated carbocycles. The van der Waals surface area contributed by atoms with E-state index < -0.39 is 19.7 Å². The molecule has 0 spiro atoms. The molecular weight excluding hydrogens is 171 g/mol. The van der Waals surface area contributed by atoms with Gasteiger partial charge in [0, 0.05) is 5.57 Å². The molecule has 64 valence electrons. The number of hydrogen-bond donors (Lipinski definition) is 3. The third-order valence-electron chi connectivity index (χ3n) is 0.999. The summed E-state index contributed by atoms with van der Waals surface area (Å²) in [5.74, 6) is -1.30. The van der Waals surface area contributed by atoms with Gasteiger partial charge in [0.2, 0.25) is 0 Å². The first-order valence-corrected chi connectivity index (χ1v) is 4.59. The fraction of sp³-hybridized carbons (Fsp3) is 0.400. The molecule has 0 aliphatic rings. The predicted molar refractivity (Wildman–Crippen MR) is 38.3 cm³/mol. The molecule has 0 aliphatic carbocycles. The van der Waals surface area contributed by atoms with Crippen LogP contribution in [0.2, 0.25) is 0 Å². The van der Waals surface area contributed by atoms with E-state index in [1.165, 1.54) is 13.0 Å². The van der Waals surface area contributed by atoms with Gasteiger partial charge in [-0.2, -0.15) is 0 Å². The van der Waals surface area contributed by atoms with Gasteiger partial charge in [-0.3, -0.25) is 4.57 Å². The Balaban J connectivity index is 4.37. The molecule has 6 heteroatoms. The lowest BCUT2D eigenvalue weighted by atomic mass is 10.3. The standard InChI is InChI=1S/C5H9O5P/c1-2-4(5(6)7)3-11(8,9)10/h2H,3H2,1H3,(H,6,7)(H2,8,9,10)/b4-2-. The van der Waals surface area contributed by atoms with Crippen molar-refractivity contribution >= 4 is 13.6 Å². The van der Waals surface area contributed by atoms with Gasteiger partial charge in [-0.1, -0.05) is 6.08 Å². The third-order valence-corrected chi connectivity index (χ3v) is 1.75. The predicted octanol–water partition coefficient (Wildman–Crippen LogP) is 0.195. The summed E-state index contributed by atoms with van der Waals surface area (Å²) in [6, 6.07) is 0. The molecule has 0 aliphatic heterocycles. The molecule has 0 fully saturated rings. The molecule has 0 amide bonds. The second-order valence-corrected chi connectivity index (χ2v) is 3.59. The van der Waals surface area contributed by atoms with Gasteiger partial charge in [0.05, 0.1) is 6.16 Å². The van der Waals surface area contributed by atoms with E-state index in [2.05, 4.69) is 0 Å². The Kier molecular flexibility index (Phi) is 3.45. The molecule has 11 heavy (non-hydrogen) atoms. The van der Waals surface area contributed by atoms with Crippen molar-refractivity contribution in [3.63, 3.8) is 0 Å². The van der Waals surface area contributed by atoms with Crippen molar-refractivity contribution < 1.29 is 24.3 Å². The van der Waals surface area contributed by atoms with E-state index in [0.717, 1.165) is 0 Å². The highest BCUT2D eigenvalue weighted by Crippen LogP contribution is 2.36. The minimum Gasteiger partial charge on any atom is -0.478 e. The van der Waals surface area contributed by atoms with E-state index in [-0.39, 0.29) is 5.57 Å². The average molecular weight is 180 g/mol. The number of allylic oxidation sites excluding steroid dienone is 1. The average Bonchev–Trinajstić information content (AvgIpc) is 1.80. The normalized spacial score (nSPS) is 13.2. The van der Waals surface area contributed by atoms with E-state index in [1.807, 2.05) is 0 Å². The Labute approximate surface area is 63.5 Å². The van der Waals surface area contributed by atoms with E-state index in [9.17, 15) is 9.36 Å². The van der Waals surface area contributed by atoms with Crippen LogP contribution in [0.15, 0.2) is 11.6 Å². The third kappa shape index (κ3) is 4.72. The molecule has 0 rings (SSSR count). The van der Waals surface area contributed by atoms with Crippen LogP contribution in [-0.4, -0.2) is 27.0 Å². The van der Waals surface area contributed by atoms with Crippen LogP contribution in [0.5, 0.6) is 0 Å². The largest absolute Gasteiger partial charge is 0.478 e. The summed E-state index contributed by atoms with van der Waals surface area (Å²) in [6.07, 6.45) is 0.459. The van der Waals surface area contributed by atoms with Crippen molar-refractivity contribution in [3.8, 4) is 0 Å². The van der Waals surface area contributed by atoms with Crippen molar-refractivity contribution in [2.75, 3.05) is 6.16 Å². The van der Waals surface area contributed by atoms with E-state index in [4.69, 9.17) is 14.9 Å². The highest BCUT2D eigenvalue weighted by molar-refractivity contribution is 7.52. The summed E-state index contributed by atoms with van der Waals surface area (Å²) in [7, 11) is -4.24. The number of aliphatic carboxylic acids is 1. The summed E-state index contributed by atoms with van der Waals surface area (Å²) in [6.45, 7) is 1.42. The summed E-state index contributed by atoms with van der Waals surface area (Å²) in [5.41, 5.74) is -0.265. The van der Waals surface area contributed by atoms with Crippen molar-refractivity contribution in [3.05, 3.63) is 11.6 Å². The quantitative estimate of drug-likeness (QED) is 0.425. The van der Waals surface area contributed by atoms with Crippen molar-refractivity contribution in [2.45, 2.75) is 6.92 Å². The molecular formula is C5H9O5P. The Morgan fingerprint density at radius 2 is 2.00 bits per heavy atom. The highest BCUT2D eigenvalue weighted by Gasteiger charge is 2.19. The molecule has 0 aromatic carbocycles. The maximum atomic E-state index is 10.3. The summed E-state index contributed by atoms with van der Waals surface area (Å²) >= 11 is 0. The van der Waals surface area contributed by atoms with Gasteiger partial charge in [0.15, 0.2) is 0 Å². The number of carbonyl (C=O) groups is 1. The Bertz CT molecular complexity index is 225. The number of rotatable bonds is 3. The fourth-order valence-corrected chi connectivity index (χ4v) is 1.27. The summed E-state index contributed by atoms with van der Waals surface area (Å²) in [5, 5.41) is 8.32. The smallest absolute Gasteiger partial charge is 0.331 e. The fourth-order valence-electron chi connectivity index (χ4n) is 0.504. The van der Waals surface area contributed by atoms with Gasteiger partial charge in [0.1, 0.15) is 0 Å². The zero-order chi connectivity index (χ0) is 9.07. The van der Waals surface area contributed by atoms with Crippen LogP contribution < -0.4 is 0 Å². The Morgan fingerprint density at radius 3 is 2.09 bits per heavy atom.